The van der Waals surface area contributed by atoms with Crippen LogP contribution in [0.1, 0.15) is 32.0 Å². The monoisotopic (exact) mass is 308 g/mol. The first kappa shape index (κ1) is 16.5. The van der Waals surface area contributed by atoms with E-state index >= 15 is 0 Å². The third-order valence-corrected chi connectivity index (χ3v) is 3.64. The number of methoxy groups -OCH3 is 1. The molecule has 0 aromatic carbocycles. The molecular weight excluding hydrogens is 284 g/mol. The van der Waals surface area contributed by atoms with Crippen molar-refractivity contribution < 1.29 is 14.3 Å². The molecule has 0 saturated heterocycles. The van der Waals surface area contributed by atoms with E-state index in [1.165, 1.54) is 0 Å². The highest BCUT2D eigenvalue weighted by Gasteiger charge is 2.32. The molecule has 0 fully saturated rings. The van der Waals surface area contributed by atoms with Gasteiger partial charge in [-0.05, 0) is 12.0 Å². The van der Waals surface area contributed by atoms with E-state index in [9.17, 15) is 9.59 Å². The van der Waals surface area contributed by atoms with E-state index in [2.05, 4.69) is 10.4 Å². The molecule has 0 spiro atoms. The third kappa shape index (κ3) is 3.85. The van der Waals surface area contributed by atoms with Crippen LogP contribution in [0.25, 0.3) is 0 Å². The largest absolute Gasteiger partial charge is 0.383 e. The van der Waals surface area contributed by atoms with Gasteiger partial charge < -0.3 is 15.0 Å². The van der Waals surface area contributed by atoms with E-state index in [-0.39, 0.29) is 11.8 Å². The van der Waals surface area contributed by atoms with Crippen molar-refractivity contribution in [2.45, 2.75) is 32.9 Å². The molecule has 2 rings (SSSR count). The number of carbonyl (C=O) groups excluding carboxylic acids is 2. The van der Waals surface area contributed by atoms with Crippen LogP contribution in [0.15, 0.2) is 12.3 Å². The molecule has 22 heavy (non-hydrogen) atoms. The van der Waals surface area contributed by atoms with Crippen LogP contribution in [0.3, 0.4) is 0 Å². The molecular formula is C15H24N4O3. The highest BCUT2D eigenvalue weighted by molar-refractivity contribution is 5.82. The van der Waals surface area contributed by atoms with Crippen LogP contribution < -0.4 is 5.32 Å². The van der Waals surface area contributed by atoms with E-state index in [1.54, 1.807) is 22.9 Å². The number of carbonyl (C=O) groups is 2. The molecule has 1 atom stereocenters. The Morgan fingerprint density at radius 3 is 2.95 bits per heavy atom. The standard InChI is InChI=1S/C15H24N4O3/c1-11(2)8-14(20)18-9-12-4-5-17-19(12)13(10-18)15(21)16-6-7-22-3/h4-5,11,13H,6-10H2,1-3H3,(H,16,21)/t13-/m0/s1. The minimum absolute atomic E-state index is 0.0807. The van der Waals surface area contributed by atoms with Crippen molar-refractivity contribution in [2.75, 3.05) is 26.8 Å². The Balaban J connectivity index is 2.09. The zero-order chi connectivity index (χ0) is 16.1. The molecule has 7 heteroatoms. The van der Waals surface area contributed by atoms with Crippen molar-refractivity contribution in [3.05, 3.63) is 18.0 Å². The Morgan fingerprint density at radius 1 is 1.50 bits per heavy atom. The van der Waals surface area contributed by atoms with Crippen molar-refractivity contribution in [3.8, 4) is 0 Å². The second kappa shape index (κ2) is 7.40. The average Bonchev–Trinajstić information content (AvgIpc) is 2.93. The van der Waals surface area contributed by atoms with Crippen molar-refractivity contribution in [3.63, 3.8) is 0 Å². The van der Waals surface area contributed by atoms with E-state index in [0.29, 0.717) is 38.6 Å². The van der Waals surface area contributed by atoms with Crippen LogP contribution in [0, 0.1) is 5.92 Å². The van der Waals surface area contributed by atoms with Crippen LogP contribution in [0.5, 0.6) is 0 Å². The number of aromatic nitrogens is 2. The molecule has 1 aliphatic heterocycles. The predicted molar refractivity (Wildman–Crippen MR) is 81.0 cm³/mol. The molecule has 7 nitrogen and oxygen atoms in total. The minimum Gasteiger partial charge on any atom is -0.383 e. The summed E-state index contributed by atoms with van der Waals surface area (Å²) in [7, 11) is 1.59. The lowest BCUT2D eigenvalue weighted by Gasteiger charge is -2.33. The number of hydrogen-bond donors (Lipinski definition) is 1. The van der Waals surface area contributed by atoms with E-state index in [1.807, 2.05) is 19.9 Å². The maximum atomic E-state index is 12.4. The second-order valence-corrected chi connectivity index (χ2v) is 5.94. The van der Waals surface area contributed by atoms with Crippen LogP contribution >= 0.6 is 0 Å². The van der Waals surface area contributed by atoms with Gasteiger partial charge in [0, 0.05) is 26.3 Å². The molecule has 2 amide bonds. The van der Waals surface area contributed by atoms with Gasteiger partial charge in [-0.2, -0.15) is 5.10 Å². The van der Waals surface area contributed by atoms with Crippen LogP contribution in [-0.2, 0) is 20.9 Å². The summed E-state index contributed by atoms with van der Waals surface area (Å²) in [6, 6.07) is 1.37. The second-order valence-electron chi connectivity index (χ2n) is 5.94. The molecule has 1 aromatic rings. The zero-order valence-electron chi connectivity index (χ0n) is 13.4. The first-order valence-corrected chi connectivity index (χ1v) is 7.59. The van der Waals surface area contributed by atoms with Crippen LogP contribution in [0.4, 0.5) is 0 Å². The average molecular weight is 308 g/mol. The van der Waals surface area contributed by atoms with Gasteiger partial charge in [0.25, 0.3) is 0 Å². The van der Waals surface area contributed by atoms with Gasteiger partial charge in [-0.25, -0.2) is 0 Å². The SMILES string of the molecule is COCCNC(=O)[C@@H]1CN(C(=O)CC(C)C)Cc2ccnn21. The predicted octanol–water partition coefficient (Wildman–Crippen LogP) is 0.575. The summed E-state index contributed by atoms with van der Waals surface area (Å²) in [6.45, 7) is 5.80. The number of nitrogens with one attached hydrogen (secondary N) is 1. The van der Waals surface area contributed by atoms with E-state index in [0.717, 1.165) is 5.69 Å². The van der Waals surface area contributed by atoms with Crippen molar-refractivity contribution >= 4 is 11.8 Å². The molecule has 0 bridgehead atoms. The van der Waals surface area contributed by atoms with Crippen molar-refractivity contribution in [1.82, 2.24) is 20.0 Å². The van der Waals surface area contributed by atoms with Gasteiger partial charge in [-0.15, -0.1) is 0 Å². The van der Waals surface area contributed by atoms with Gasteiger partial charge in [-0.3, -0.25) is 14.3 Å². The molecule has 0 unspecified atom stereocenters. The number of amides is 2. The fourth-order valence-electron chi connectivity index (χ4n) is 2.55. The van der Waals surface area contributed by atoms with Gasteiger partial charge in [0.2, 0.25) is 11.8 Å². The van der Waals surface area contributed by atoms with Crippen LogP contribution in [-0.4, -0.2) is 53.3 Å². The topological polar surface area (TPSA) is 76.5 Å². The highest BCUT2D eigenvalue weighted by Crippen LogP contribution is 2.21. The first-order chi connectivity index (χ1) is 10.5. The Labute approximate surface area is 130 Å². The lowest BCUT2D eigenvalue weighted by molar-refractivity contribution is -0.136. The maximum Gasteiger partial charge on any atom is 0.246 e. The van der Waals surface area contributed by atoms with Crippen LogP contribution in [0.2, 0.25) is 0 Å². The molecule has 122 valence electrons. The summed E-state index contributed by atoms with van der Waals surface area (Å²) in [5.74, 6) is 0.245. The molecule has 0 aliphatic carbocycles. The number of rotatable bonds is 6. The number of nitrogens with zero attached hydrogens (tertiary/aromatic N) is 3. The van der Waals surface area contributed by atoms with Gasteiger partial charge in [0.1, 0.15) is 6.04 Å². The normalized spacial score (nSPS) is 17.5. The molecule has 1 N–H and O–H groups in total. The van der Waals surface area contributed by atoms with Gasteiger partial charge in [0.15, 0.2) is 0 Å². The molecule has 2 heterocycles. The Kier molecular flexibility index (Phi) is 5.54. The van der Waals surface area contributed by atoms with E-state index in [4.69, 9.17) is 4.74 Å². The van der Waals surface area contributed by atoms with E-state index < -0.39 is 6.04 Å². The molecule has 0 saturated carbocycles. The Morgan fingerprint density at radius 2 is 2.27 bits per heavy atom. The summed E-state index contributed by atoms with van der Waals surface area (Å²) < 4.78 is 6.65. The van der Waals surface area contributed by atoms with Crippen molar-refractivity contribution in [1.29, 1.82) is 0 Å². The maximum absolute atomic E-state index is 12.4. The fraction of sp³-hybridized carbons (Fsp3) is 0.667. The summed E-state index contributed by atoms with van der Waals surface area (Å²) in [6.07, 6.45) is 2.16. The highest BCUT2D eigenvalue weighted by atomic mass is 16.5. The summed E-state index contributed by atoms with van der Waals surface area (Å²) >= 11 is 0. The summed E-state index contributed by atoms with van der Waals surface area (Å²) in [5.41, 5.74) is 0.884. The number of hydrogen-bond acceptors (Lipinski definition) is 4. The number of fused-ring (bicyclic) bond motifs is 1. The van der Waals surface area contributed by atoms with Gasteiger partial charge in [-0.1, -0.05) is 13.8 Å². The third-order valence-electron chi connectivity index (χ3n) is 3.64. The lowest BCUT2D eigenvalue weighted by Crippen LogP contribution is -2.47. The first-order valence-electron chi connectivity index (χ1n) is 7.59. The minimum atomic E-state index is -0.480. The lowest BCUT2D eigenvalue weighted by atomic mass is 10.1. The summed E-state index contributed by atoms with van der Waals surface area (Å²) in [4.78, 5) is 26.4. The molecule has 1 aliphatic rings. The fourth-order valence-corrected chi connectivity index (χ4v) is 2.55. The summed E-state index contributed by atoms with van der Waals surface area (Å²) in [5, 5.41) is 7.05. The Hall–Kier alpha value is -1.89. The smallest absolute Gasteiger partial charge is 0.246 e. The number of ether oxygens (including phenoxy) is 1. The van der Waals surface area contributed by atoms with Crippen molar-refractivity contribution in [2.24, 2.45) is 5.92 Å². The Bertz CT molecular complexity index is 527. The molecule has 0 radical (unpaired) electrons. The van der Waals surface area contributed by atoms with Gasteiger partial charge >= 0.3 is 0 Å². The molecule has 1 aromatic heterocycles. The van der Waals surface area contributed by atoms with Gasteiger partial charge in [0.05, 0.1) is 25.4 Å². The zero-order valence-corrected chi connectivity index (χ0v) is 13.4. The quantitative estimate of drug-likeness (QED) is 0.780.